The van der Waals surface area contributed by atoms with Crippen molar-refractivity contribution in [2.24, 2.45) is 0 Å². The summed E-state index contributed by atoms with van der Waals surface area (Å²) in [6.07, 6.45) is 1.25. The van der Waals surface area contributed by atoms with Crippen LogP contribution in [-0.2, 0) is 0 Å². The van der Waals surface area contributed by atoms with Crippen LogP contribution < -0.4 is 0 Å². The van der Waals surface area contributed by atoms with Crippen LogP contribution in [0.3, 0.4) is 0 Å². The average molecular weight is 106 g/mol. The molecule has 0 fully saturated rings. The quantitative estimate of drug-likeness (QED) is 0.441. The van der Waals surface area contributed by atoms with Crippen LogP contribution in [0.25, 0.3) is 0 Å². The summed E-state index contributed by atoms with van der Waals surface area (Å²) in [6.45, 7) is 8.25. The Balaban J connectivity index is -0.0000000105. The summed E-state index contributed by atoms with van der Waals surface area (Å²) in [7, 11) is 0. The van der Waals surface area contributed by atoms with Gasteiger partial charge in [-0.25, -0.2) is 0 Å². The van der Waals surface area contributed by atoms with Gasteiger partial charge in [-0.05, 0) is 0 Å². The highest BCUT2D eigenvalue weighted by Crippen LogP contribution is 1.56. The minimum Gasteiger partial charge on any atom is -0.0776 e. The van der Waals surface area contributed by atoms with Crippen molar-refractivity contribution in [2.75, 3.05) is 0 Å². The Morgan fingerprint density at radius 1 is 0.857 bits per heavy atom. The maximum absolute atomic E-state index is 2.12. The van der Waals surface area contributed by atoms with E-state index in [0.29, 0.717) is 0 Å². The lowest BCUT2D eigenvalue weighted by Crippen LogP contribution is -1.27. The Bertz CT molecular complexity index is 0. The van der Waals surface area contributed by atoms with Crippen LogP contribution in [0.4, 0.5) is 0 Å². The highest BCUT2D eigenvalue weighted by molar-refractivity contribution is 3.92. The number of hydrogen-bond acceptors (Lipinski definition) is 0. The lowest BCUT2D eigenvalue weighted by atomic mass is 10.6. The van der Waals surface area contributed by atoms with E-state index < -0.39 is 0 Å². The Hall–Kier alpha value is 0. The Morgan fingerprint density at radius 2 is 0.857 bits per heavy atom. The smallest absolute Gasteiger partial charge is 0.0590 e. The first kappa shape index (κ1) is 28.0. The van der Waals surface area contributed by atoms with Crippen molar-refractivity contribution < 1.29 is 0 Å². The minimum atomic E-state index is 0. The first-order valence-corrected chi connectivity index (χ1v) is 2.41. The van der Waals surface area contributed by atoms with Crippen molar-refractivity contribution in [1.29, 1.82) is 0 Å². The van der Waals surface area contributed by atoms with Gasteiger partial charge >= 0.3 is 0 Å². The van der Waals surface area contributed by atoms with Crippen LogP contribution in [0.1, 0.15) is 49.0 Å². The van der Waals surface area contributed by atoms with E-state index in [1.807, 2.05) is 13.8 Å². The van der Waals surface area contributed by atoms with Gasteiger partial charge in [0, 0.05) is 0 Å². The molecule has 0 atom stereocenters. The molecule has 0 saturated heterocycles. The summed E-state index contributed by atoms with van der Waals surface area (Å²) < 4.78 is 0. The summed E-state index contributed by atoms with van der Waals surface area (Å²) in [5.74, 6) is 0. The van der Waals surface area contributed by atoms with Crippen molar-refractivity contribution in [2.45, 2.75) is 49.0 Å². The molecule has 0 aliphatic rings. The third-order valence-electron chi connectivity index (χ3n) is 0. The highest BCUT2D eigenvalue weighted by atomic mass is 13.4. The minimum absolute atomic E-state index is 0. The SMILES string of the molecule is C.C.CC.CCC. The van der Waals surface area contributed by atoms with Gasteiger partial charge in [0.2, 0.25) is 0 Å². The summed E-state index contributed by atoms with van der Waals surface area (Å²) in [5.41, 5.74) is 0. The van der Waals surface area contributed by atoms with E-state index >= 15 is 0 Å². The normalized spacial score (nSPS) is 3.43. The molecule has 7 heavy (non-hydrogen) atoms. The summed E-state index contributed by atoms with van der Waals surface area (Å²) >= 11 is 0. The first-order valence-electron chi connectivity index (χ1n) is 2.41. The van der Waals surface area contributed by atoms with E-state index in [-0.39, 0.29) is 14.9 Å². The molecule has 0 aromatic heterocycles. The molecule has 0 N–H and O–H groups in total. The molecule has 0 aliphatic carbocycles. The van der Waals surface area contributed by atoms with Gasteiger partial charge in [0.15, 0.2) is 0 Å². The first-order chi connectivity index (χ1) is 2.41. The molecule has 0 amide bonds. The third-order valence-corrected chi connectivity index (χ3v) is 0. The largest absolute Gasteiger partial charge is 0.0776 e. The lowest BCUT2D eigenvalue weighted by molar-refractivity contribution is 1.09. The van der Waals surface area contributed by atoms with Gasteiger partial charge in [-0.2, -0.15) is 0 Å². The molecule has 0 bridgehead atoms. The zero-order valence-electron chi connectivity index (χ0n) is 4.71. The van der Waals surface area contributed by atoms with Crippen molar-refractivity contribution in [3.05, 3.63) is 0 Å². The number of hydrogen-bond donors (Lipinski definition) is 0. The Labute approximate surface area is 49.9 Å². The van der Waals surface area contributed by atoms with Crippen LogP contribution >= 0.6 is 0 Å². The maximum atomic E-state index is 2.12. The van der Waals surface area contributed by atoms with Crippen molar-refractivity contribution in [3.8, 4) is 0 Å². The maximum Gasteiger partial charge on any atom is -0.0590 e. The third kappa shape index (κ3) is 0. The van der Waals surface area contributed by atoms with E-state index in [9.17, 15) is 0 Å². The van der Waals surface area contributed by atoms with Gasteiger partial charge in [-0.1, -0.05) is 49.0 Å². The second kappa shape index (κ2) is 150. The molecule has 0 heteroatoms. The second-order valence-electron chi connectivity index (χ2n) is 0.707. The molecular formula is C7H22. The Morgan fingerprint density at radius 3 is 0.857 bits per heavy atom. The van der Waals surface area contributed by atoms with Gasteiger partial charge in [0.25, 0.3) is 0 Å². The van der Waals surface area contributed by atoms with Crippen LogP contribution in [0.2, 0.25) is 0 Å². The van der Waals surface area contributed by atoms with E-state index in [4.69, 9.17) is 0 Å². The molecule has 0 nitrogen and oxygen atoms in total. The van der Waals surface area contributed by atoms with Crippen molar-refractivity contribution in [1.82, 2.24) is 0 Å². The van der Waals surface area contributed by atoms with Gasteiger partial charge < -0.3 is 0 Å². The van der Waals surface area contributed by atoms with E-state index in [1.54, 1.807) is 0 Å². The van der Waals surface area contributed by atoms with Crippen molar-refractivity contribution >= 4 is 0 Å². The zero-order chi connectivity index (χ0) is 4.71. The second-order valence-corrected chi connectivity index (χ2v) is 0.707. The van der Waals surface area contributed by atoms with E-state index in [0.717, 1.165) is 0 Å². The van der Waals surface area contributed by atoms with Gasteiger partial charge in [-0.3, -0.25) is 0 Å². The molecule has 0 spiro atoms. The van der Waals surface area contributed by atoms with Gasteiger partial charge in [0.05, 0.1) is 0 Å². The van der Waals surface area contributed by atoms with Crippen LogP contribution in [-0.4, -0.2) is 0 Å². The van der Waals surface area contributed by atoms with Crippen LogP contribution in [0.5, 0.6) is 0 Å². The molecule has 0 rings (SSSR count). The highest BCUT2D eigenvalue weighted by Gasteiger charge is 1.35. The molecule has 0 saturated carbocycles. The monoisotopic (exact) mass is 106 g/mol. The standard InChI is InChI=1S/C3H8.C2H6.2CH4/c1-3-2;1-2;;/h3H2,1-2H3;1-2H3;2*1H4. The fourth-order valence-electron chi connectivity index (χ4n) is 0. The molecule has 0 unspecified atom stereocenters. The molecule has 0 aliphatic heterocycles. The molecule has 0 aromatic rings. The van der Waals surface area contributed by atoms with Gasteiger partial charge in [0.1, 0.15) is 0 Å². The Kier molecular flexibility index (Phi) is 600. The molecule has 0 heterocycles. The molecule has 0 aromatic carbocycles. The molecule has 50 valence electrons. The number of rotatable bonds is 0. The summed E-state index contributed by atoms with van der Waals surface area (Å²) in [5, 5.41) is 0. The van der Waals surface area contributed by atoms with Crippen LogP contribution in [0, 0.1) is 0 Å². The van der Waals surface area contributed by atoms with Crippen LogP contribution in [0.15, 0.2) is 0 Å². The topological polar surface area (TPSA) is 0 Å². The van der Waals surface area contributed by atoms with E-state index in [2.05, 4.69) is 13.8 Å². The molecule has 0 radical (unpaired) electrons. The van der Waals surface area contributed by atoms with Crippen molar-refractivity contribution in [3.63, 3.8) is 0 Å². The summed E-state index contributed by atoms with van der Waals surface area (Å²) in [4.78, 5) is 0. The summed E-state index contributed by atoms with van der Waals surface area (Å²) in [6, 6.07) is 0. The molecular weight excluding hydrogens is 84.1 g/mol. The van der Waals surface area contributed by atoms with Gasteiger partial charge in [-0.15, -0.1) is 0 Å². The fourth-order valence-corrected chi connectivity index (χ4v) is 0. The predicted octanol–water partition coefficient (Wildman–Crippen LogP) is 3.71. The predicted molar refractivity (Wildman–Crippen MR) is 40.8 cm³/mol. The zero-order valence-corrected chi connectivity index (χ0v) is 4.71. The van der Waals surface area contributed by atoms with E-state index in [1.165, 1.54) is 6.42 Å². The lowest BCUT2D eigenvalue weighted by Gasteiger charge is -1.48. The average Bonchev–Trinajstić information content (AvgIpc) is 1.46. The fraction of sp³-hybridized carbons (Fsp3) is 1.00.